The van der Waals surface area contributed by atoms with Crippen LogP contribution in [0.2, 0.25) is 0 Å². The van der Waals surface area contributed by atoms with Crippen molar-refractivity contribution < 1.29 is 33.6 Å². The lowest BCUT2D eigenvalue weighted by Crippen LogP contribution is -2.26. The van der Waals surface area contributed by atoms with Gasteiger partial charge < -0.3 is 33.9 Å². The molecule has 2 N–H and O–H groups in total. The molecule has 4 rings (SSSR count). The lowest BCUT2D eigenvalue weighted by atomic mass is 9.87. The normalized spacial score (nSPS) is 14.8. The molecule has 0 spiro atoms. The molecule has 33 heavy (non-hydrogen) atoms. The van der Waals surface area contributed by atoms with E-state index in [9.17, 15) is 14.7 Å². The number of amides is 1. The topological polar surface area (TPSA) is 108 Å². The molecule has 0 saturated heterocycles. The van der Waals surface area contributed by atoms with Crippen molar-refractivity contribution in [3.63, 3.8) is 0 Å². The minimum Gasteiger partial charge on any atom is -0.497 e. The molecule has 0 bridgehead atoms. The first-order chi connectivity index (χ1) is 15.9. The molecule has 1 aromatic heterocycles. The number of anilines is 1. The smallest absolute Gasteiger partial charge is 0.339 e. The Labute approximate surface area is 190 Å². The van der Waals surface area contributed by atoms with Crippen molar-refractivity contribution in [3.05, 3.63) is 59.4 Å². The number of ether oxygens (including phenoxy) is 4. The number of nitrogens with one attached hydrogen (secondary N) is 1. The van der Waals surface area contributed by atoms with Crippen molar-refractivity contribution >= 4 is 17.6 Å². The van der Waals surface area contributed by atoms with E-state index in [-0.39, 0.29) is 23.6 Å². The average Bonchev–Trinajstić information content (AvgIpc) is 3.22. The number of carbonyl (C=O) groups is 2. The fraction of sp³-hybridized carbons (Fsp3) is 0.250. The number of hydrogen-bond acceptors (Lipinski definition) is 6. The van der Waals surface area contributed by atoms with Crippen LogP contribution in [0.3, 0.4) is 0 Å². The highest BCUT2D eigenvalue weighted by Crippen LogP contribution is 2.49. The predicted octanol–water partition coefficient (Wildman–Crippen LogP) is 3.68. The molecule has 1 amide bonds. The first-order valence-corrected chi connectivity index (χ1v) is 10.1. The first kappa shape index (κ1) is 22.1. The van der Waals surface area contributed by atoms with Gasteiger partial charge in [0, 0.05) is 29.8 Å². The van der Waals surface area contributed by atoms with Gasteiger partial charge in [-0.25, -0.2) is 4.79 Å². The van der Waals surface area contributed by atoms with E-state index in [0.29, 0.717) is 34.3 Å². The molecule has 2 aromatic carbocycles. The lowest BCUT2D eigenvalue weighted by molar-refractivity contribution is -0.116. The second-order valence-corrected chi connectivity index (χ2v) is 7.40. The predicted molar refractivity (Wildman–Crippen MR) is 120 cm³/mol. The highest BCUT2D eigenvalue weighted by molar-refractivity contribution is 6.04. The lowest BCUT2D eigenvalue weighted by Gasteiger charge is -2.28. The third-order valence-electron chi connectivity index (χ3n) is 5.72. The SMILES string of the molecule is COc1ccc(-n2cc(C(=O)O)c3c2[C@@H](c2ccc(OC)c(OC)c2OC)CC(=O)N3)cc1. The maximum atomic E-state index is 12.7. The zero-order chi connectivity index (χ0) is 23.7. The number of aromatic carboxylic acids is 1. The van der Waals surface area contributed by atoms with E-state index < -0.39 is 11.9 Å². The number of carboxylic acids is 1. The Kier molecular flexibility index (Phi) is 5.87. The van der Waals surface area contributed by atoms with Crippen LogP contribution in [0.1, 0.15) is 34.0 Å². The minimum atomic E-state index is -1.14. The van der Waals surface area contributed by atoms with Crippen molar-refractivity contribution in [1.29, 1.82) is 0 Å². The van der Waals surface area contributed by atoms with Crippen LogP contribution in [-0.2, 0) is 4.79 Å². The molecule has 1 atom stereocenters. The van der Waals surface area contributed by atoms with Crippen LogP contribution in [0.15, 0.2) is 42.6 Å². The molecular formula is C24H24N2O7. The molecule has 1 aliphatic heterocycles. The van der Waals surface area contributed by atoms with E-state index in [1.54, 1.807) is 35.9 Å². The van der Waals surface area contributed by atoms with Gasteiger partial charge in [-0.05, 0) is 30.3 Å². The van der Waals surface area contributed by atoms with Crippen molar-refractivity contribution in [2.24, 2.45) is 0 Å². The highest BCUT2D eigenvalue weighted by atomic mass is 16.5. The molecule has 0 fully saturated rings. The molecule has 3 aromatic rings. The van der Waals surface area contributed by atoms with Crippen LogP contribution in [0.4, 0.5) is 5.69 Å². The van der Waals surface area contributed by atoms with Gasteiger partial charge in [0.25, 0.3) is 0 Å². The fourth-order valence-corrected chi connectivity index (χ4v) is 4.24. The number of rotatable bonds is 7. The molecule has 1 aliphatic rings. The van der Waals surface area contributed by atoms with E-state index >= 15 is 0 Å². The number of carbonyl (C=O) groups excluding carboxylic acids is 1. The Hall–Kier alpha value is -4.14. The van der Waals surface area contributed by atoms with Gasteiger partial charge in [0.1, 0.15) is 11.3 Å². The summed E-state index contributed by atoms with van der Waals surface area (Å²) in [6.45, 7) is 0. The molecule has 0 unspecified atom stereocenters. The maximum Gasteiger partial charge on any atom is 0.339 e. The van der Waals surface area contributed by atoms with Crippen LogP contribution in [0.25, 0.3) is 5.69 Å². The molecule has 9 nitrogen and oxygen atoms in total. The van der Waals surface area contributed by atoms with Crippen LogP contribution >= 0.6 is 0 Å². The largest absolute Gasteiger partial charge is 0.497 e. The summed E-state index contributed by atoms with van der Waals surface area (Å²) in [5.74, 6) is 0.0321. The van der Waals surface area contributed by atoms with Crippen molar-refractivity contribution in [3.8, 4) is 28.7 Å². The van der Waals surface area contributed by atoms with Gasteiger partial charge in [-0.1, -0.05) is 6.07 Å². The Balaban J connectivity index is 1.98. The molecule has 172 valence electrons. The Morgan fingerprint density at radius 2 is 1.67 bits per heavy atom. The number of hydrogen-bond donors (Lipinski definition) is 2. The number of carboxylic acid groups (broad SMARTS) is 1. The van der Waals surface area contributed by atoms with E-state index in [1.807, 2.05) is 12.1 Å². The third-order valence-corrected chi connectivity index (χ3v) is 5.72. The van der Waals surface area contributed by atoms with E-state index in [4.69, 9.17) is 18.9 Å². The van der Waals surface area contributed by atoms with Crippen molar-refractivity contribution in [2.45, 2.75) is 12.3 Å². The van der Waals surface area contributed by atoms with E-state index in [1.165, 1.54) is 27.5 Å². The van der Waals surface area contributed by atoms with E-state index in [0.717, 1.165) is 5.69 Å². The maximum absolute atomic E-state index is 12.7. The zero-order valence-electron chi connectivity index (χ0n) is 18.7. The summed E-state index contributed by atoms with van der Waals surface area (Å²) in [5, 5.41) is 12.6. The average molecular weight is 452 g/mol. The summed E-state index contributed by atoms with van der Waals surface area (Å²) < 4.78 is 23.6. The van der Waals surface area contributed by atoms with Gasteiger partial charge in [-0.3, -0.25) is 4.79 Å². The summed E-state index contributed by atoms with van der Waals surface area (Å²) in [7, 11) is 6.11. The monoisotopic (exact) mass is 452 g/mol. The quantitative estimate of drug-likeness (QED) is 0.563. The van der Waals surface area contributed by atoms with Crippen molar-refractivity contribution in [2.75, 3.05) is 33.8 Å². The third kappa shape index (κ3) is 3.71. The summed E-state index contributed by atoms with van der Waals surface area (Å²) >= 11 is 0. The van der Waals surface area contributed by atoms with Crippen LogP contribution < -0.4 is 24.3 Å². The van der Waals surface area contributed by atoms with Gasteiger partial charge in [0.15, 0.2) is 11.5 Å². The first-order valence-electron chi connectivity index (χ1n) is 10.1. The number of nitrogens with zero attached hydrogens (tertiary/aromatic N) is 1. The fourth-order valence-electron chi connectivity index (χ4n) is 4.24. The Morgan fingerprint density at radius 1 is 0.970 bits per heavy atom. The number of benzene rings is 2. The molecule has 0 saturated carbocycles. The van der Waals surface area contributed by atoms with Gasteiger partial charge >= 0.3 is 5.97 Å². The second kappa shape index (κ2) is 8.78. The summed E-state index contributed by atoms with van der Waals surface area (Å²) in [6.07, 6.45) is 1.61. The molecule has 0 aliphatic carbocycles. The Bertz CT molecular complexity index is 1210. The van der Waals surface area contributed by atoms with Gasteiger partial charge in [0.2, 0.25) is 11.7 Å². The summed E-state index contributed by atoms with van der Waals surface area (Å²) in [4.78, 5) is 24.7. The number of fused-ring (bicyclic) bond motifs is 1. The summed E-state index contributed by atoms with van der Waals surface area (Å²) in [5.41, 5.74) is 2.29. The summed E-state index contributed by atoms with van der Waals surface area (Å²) in [6, 6.07) is 10.8. The molecular weight excluding hydrogens is 428 g/mol. The van der Waals surface area contributed by atoms with Crippen LogP contribution in [0.5, 0.6) is 23.0 Å². The highest BCUT2D eigenvalue weighted by Gasteiger charge is 2.36. The van der Waals surface area contributed by atoms with Gasteiger partial charge in [-0.2, -0.15) is 0 Å². The second-order valence-electron chi connectivity index (χ2n) is 7.40. The number of methoxy groups -OCH3 is 4. The number of aromatic nitrogens is 1. The zero-order valence-corrected chi connectivity index (χ0v) is 18.7. The molecule has 9 heteroatoms. The van der Waals surface area contributed by atoms with E-state index in [2.05, 4.69) is 5.32 Å². The molecule has 0 radical (unpaired) electrons. The minimum absolute atomic E-state index is 0.00156. The Morgan fingerprint density at radius 3 is 2.24 bits per heavy atom. The van der Waals surface area contributed by atoms with Crippen LogP contribution in [0, 0.1) is 0 Å². The van der Waals surface area contributed by atoms with Crippen LogP contribution in [-0.4, -0.2) is 50.0 Å². The van der Waals surface area contributed by atoms with Gasteiger partial charge in [0.05, 0.1) is 39.8 Å². The van der Waals surface area contributed by atoms with Crippen molar-refractivity contribution in [1.82, 2.24) is 4.57 Å². The van der Waals surface area contributed by atoms with Gasteiger partial charge in [-0.15, -0.1) is 0 Å². The standard InChI is InChI=1S/C24H24N2O7/c1-30-14-7-5-13(6-8-14)26-12-17(24(28)29)20-21(26)16(11-19(27)25-20)15-9-10-18(31-2)23(33-4)22(15)32-3/h5-10,12,16H,11H2,1-4H3,(H,25,27)(H,28,29)/t16-/m1/s1. The molecule has 2 heterocycles.